The van der Waals surface area contributed by atoms with E-state index < -0.39 is 0 Å². The Morgan fingerprint density at radius 2 is 2.00 bits per heavy atom. The number of carbonyl (C=O) groups excluding carboxylic acids is 1. The summed E-state index contributed by atoms with van der Waals surface area (Å²) in [5.41, 5.74) is 0.787. The zero-order chi connectivity index (χ0) is 11.4. The van der Waals surface area contributed by atoms with Crippen molar-refractivity contribution in [3.8, 4) is 11.6 Å². The van der Waals surface area contributed by atoms with Gasteiger partial charge in [-0.3, -0.25) is 4.79 Å². The molecule has 0 spiro atoms. The van der Waals surface area contributed by atoms with Gasteiger partial charge in [-0.15, -0.1) is 0 Å². The first-order valence-corrected chi connectivity index (χ1v) is 4.81. The van der Waals surface area contributed by atoms with Gasteiger partial charge >= 0.3 is 0 Å². The van der Waals surface area contributed by atoms with Gasteiger partial charge in [0.1, 0.15) is 5.75 Å². The molecule has 4 heteroatoms. The maximum Gasteiger partial charge on any atom is 0.225 e. The van der Waals surface area contributed by atoms with E-state index in [0.29, 0.717) is 17.9 Å². The van der Waals surface area contributed by atoms with Crippen LogP contribution in [0.1, 0.15) is 16.2 Å². The number of hydrogen-bond acceptors (Lipinski definition) is 4. The molecule has 80 valence electrons. The molecule has 0 aliphatic carbocycles. The molecule has 0 amide bonds. The molecule has 0 atom stereocenters. The molecule has 0 aliphatic rings. The summed E-state index contributed by atoms with van der Waals surface area (Å²) in [6.45, 7) is 1.83. The number of aryl methyl sites for hydroxylation is 1. The van der Waals surface area contributed by atoms with E-state index in [1.54, 1.807) is 6.20 Å². The minimum atomic E-state index is 0.122. The van der Waals surface area contributed by atoms with E-state index in [1.165, 1.54) is 0 Å². The number of rotatable bonds is 3. The lowest BCUT2D eigenvalue weighted by molar-refractivity contribution is 0.111. The summed E-state index contributed by atoms with van der Waals surface area (Å²) in [4.78, 5) is 18.4. The van der Waals surface area contributed by atoms with Crippen molar-refractivity contribution >= 4 is 6.29 Å². The predicted molar refractivity (Wildman–Crippen MR) is 58.7 cm³/mol. The summed E-state index contributed by atoms with van der Waals surface area (Å²) in [6, 6.07) is 9.28. The van der Waals surface area contributed by atoms with Crippen LogP contribution in [0.2, 0.25) is 0 Å². The van der Waals surface area contributed by atoms with Crippen LogP contribution in [0.4, 0.5) is 0 Å². The fraction of sp³-hybridized carbons (Fsp3) is 0.0833. The highest BCUT2D eigenvalue weighted by atomic mass is 16.5. The van der Waals surface area contributed by atoms with Crippen LogP contribution in [0.3, 0.4) is 0 Å². The summed E-state index contributed by atoms with van der Waals surface area (Å²) in [5.74, 6) is 1.21. The van der Waals surface area contributed by atoms with Gasteiger partial charge in [-0.05, 0) is 19.1 Å². The highest BCUT2D eigenvalue weighted by Crippen LogP contribution is 2.21. The third-order valence-corrected chi connectivity index (χ3v) is 2.01. The average Bonchev–Trinajstić information content (AvgIpc) is 2.33. The van der Waals surface area contributed by atoms with Crippen molar-refractivity contribution in [3.63, 3.8) is 0 Å². The Morgan fingerprint density at radius 1 is 1.25 bits per heavy atom. The molecule has 0 saturated carbocycles. The monoisotopic (exact) mass is 214 g/mol. The first-order chi connectivity index (χ1) is 7.79. The largest absolute Gasteiger partial charge is 0.439 e. The Morgan fingerprint density at radius 3 is 2.69 bits per heavy atom. The number of aldehydes is 1. The topological polar surface area (TPSA) is 52.1 Å². The lowest BCUT2D eigenvalue weighted by atomic mass is 10.3. The lowest BCUT2D eigenvalue weighted by Crippen LogP contribution is -1.98. The number of aromatic nitrogens is 2. The summed E-state index contributed by atoms with van der Waals surface area (Å²) in [6.07, 6.45) is 2.16. The molecule has 1 aromatic carbocycles. The van der Waals surface area contributed by atoms with Crippen molar-refractivity contribution in [1.82, 2.24) is 9.97 Å². The zero-order valence-electron chi connectivity index (χ0n) is 8.75. The second-order valence-corrected chi connectivity index (χ2v) is 3.25. The fourth-order valence-electron chi connectivity index (χ4n) is 1.20. The van der Waals surface area contributed by atoms with Crippen molar-refractivity contribution < 1.29 is 9.53 Å². The van der Waals surface area contributed by atoms with Crippen molar-refractivity contribution in [3.05, 3.63) is 47.9 Å². The third-order valence-electron chi connectivity index (χ3n) is 2.01. The molecule has 2 rings (SSSR count). The normalized spacial score (nSPS) is 9.81. The van der Waals surface area contributed by atoms with Gasteiger partial charge in [-0.1, -0.05) is 18.2 Å². The molecule has 0 fully saturated rings. The number of nitrogens with zero attached hydrogens (tertiary/aromatic N) is 2. The van der Waals surface area contributed by atoms with Gasteiger partial charge in [-0.2, -0.15) is 4.98 Å². The molecular weight excluding hydrogens is 204 g/mol. The second kappa shape index (κ2) is 4.53. The standard InChI is InChI=1S/C12H10N2O2/c1-9-7-13-11(8-15)14-12(9)16-10-5-3-2-4-6-10/h2-8H,1H3. The van der Waals surface area contributed by atoms with Gasteiger partial charge in [0, 0.05) is 11.8 Å². The van der Waals surface area contributed by atoms with Gasteiger partial charge in [-0.25, -0.2) is 4.98 Å². The third kappa shape index (κ3) is 2.23. The number of ether oxygens (including phenoxy) is 1. The smallest absolute Gasteiger partial charge is 0.225 e. The Hall–Kier alpha value is -2.23. The van der Waals surface area contributed by atoms with Crippen molar-refractivity contribution in [1.29, 1.82) is 0 Å². The SMILES string of the molecule is Cc1cnc(C=O)nc1Oc1ccccc1. The number of benzene rings is 1. The molecule has 0 N–H and O–H groups in total. The molecule has 0 aliphatic heterocycles. The molecular formula is C12H10N2O2. The van der Waals surface area contributed by atoms with Gasteiger partial charge in [0.15, 0.2) is 12.1 Å². The molecule has 2 aromatic rings. The zero-order valence-corrected chi connectivity index (χ0v) is 8.75. The van der Waals surface area contributed by atoms with Gasteiger partial charge in [0.05, 0.1) is 0 Å². The summed E-state index contributed by atoms with van der Waals surface area (Å²) < 4.78 is 5.54. The first-order valence-electron chi connectivity index (χ1n) is 4.81. The molecule has 0 radical (unpaired) electrons. The van der Waals surface area contributed by atoms with Crippen LogP contribution in [0.5, 0.6) is 11.6 Å². The summed E-state index contributed by atoms with van der Waals surface area (Å²) >= 11 is 0. The highest BCUT2D eigenvalue weighted by molar-refractivity contribution is 5.68. The Bertz CT molecular complexity index is 498. The van der Waals surface area contributed by atoms with Gasteiger partial charge in [0.2, 0.25) is 5.88 Å². The minimum absolute atomic E-state index is 0.122. The Kier molecular flexibility index (Phi) is 2.91. The van der Waals surface area contributed by atoms with Crippen LogP contribution in [-0.4, -0.2) is 16.3 Å². The van der Waals surface area contributed by atoms with E-state index in [0.717, 1.165) is 5.56 Å². The van der Waals surface area contributed by atoms with Crippen LogP contribution in [0.15, 0.2) is 36.5 Å². The lowest BCUT2D eigenvalue weighted by Gasteiger charge is -2.06. The average molecular weight is 214 g/mol. The molecule has 0 unspecified atom stereocenters. The number of hydrogen-bond donors (Lipinski definition) is 0. The van der Waals surface area contributed by atoms with Crippen LogP contribution in [0, 0.1) is 6.92 Å². The summed E-state index contributed by atoms with van der Waals surface area (Å²) in [5, 5.41) is 0. The van der Waals surface area contributed by atoms with Crippen LogP contribution in [-0.2, 0) is 0 Å². The molecule has 16 heavy (non-hydrogen) atoms. The molecule has 1 aromatic heterocycles. The van der Waals surface area contributed by atoms with E-state index >= 15 is 0 Å². The maximum atomic E-state index is 10.5. The number of carbonyl (C=O) groups is 1. The van der Waals surface area contributed by atoms with E-state index in [2.05, 4.69) is 9.97 Å². The Labute approximate surface area is 92.9 Å². The van der Waals surface area contributed by atoms with E-state index in [-0.39, 0.29) is 5.82 Å². The van der Waals surface area contributed by atoms with E-state index in [9.17, 15) is 4.79 Å². The van der Waals surface area contributed by atoms with Crippen molar-refractivity contribution in [2.75, 3.05) is 0 Å². The molecule has 0 saturated heterocycles. The van der Waals surface area contributed by atoms with Crippen LogP contribution in [0.25, 0.3) is 0 Å². The van der Waals surface area contributed by atoms with Crippen LogP contribution >= 0.6 is 0 Å². The predicted octanol–water partition coefficient (Wildman–Crippen LogP) is 2.39. The maximum absolute atomic E-state index is 10.5. The van der Waals surface area contributed by atoms with E-state index in [4.69, 9.17) is 4.74 Å². The van der Waals surface area contributed by atoms with Crippen LogP contribution < -0.4 is 4.74 Å². The van der Waals surface area contributed by atoms with Crippen molar-refractivity contribution in [2.24, 2.45) is 0 Å². The van der Waals surface area contributed by atoms with Gasteiger partial charge < -0.3 is 4.74 Å². The van der Waals surface area contributed by atoms with Crippen molar-refractivity contribution in [2.45, 2.75) is 6.92 Å². The quantitative estimate of drug-likeness (QED) is 0.736. The summed E-state index contributed by atoms with van der Waals surface area (Å²) in [7, 11) is 0. The number of para-hydroxylation sites is 1. The first kappa shape index (κ1) is 10.3. The molecule has 1 heterocycles. The second-order valence-electron chi connectivity index (χ2n) is 3.25. The van der Waals surface area contributed by atoms with E-state index in [1.807, 2.05) is 37.3 Å². The fourth-order valence-corrected chi connectivity index (χ4v) is 1.20. The Balaban J connectivity index is 2.30. The molecule has 0 bridgehead atoms. The van der Waals surface area contributed by atoms with Gasteiger partial charge in [0.25, 0.3) is 0 Å². The highest BCUT2D eigenvalue weighted by Gasteiger charge is 2.05. The minimum Gasteiger partial charge on any atom is -0.439 e. The molecule has 4 nitrogen and oxygen atoms in total.